The van der Waals surface area contributed by atoms with Crippen LogP contribution < -0.4 is 24.4 Å². The van der Waals surface area contributed by atoms with Gasteiger partial charge >= 0.3 is 13.9 Å². The number of carbonyl (C=O) groups is 3. The Morgan fingerprint density at radius 1 is 0.830 bits per heavy atom. The van der Waals surface area contributed by atoms with Crippen LogP contribution in [-0.2, 0) is 4.57 Å². The topological polar surface area (TPSA) is 149 Å². The van der Waals surface area contributed by atoms with Gasteiger partial charge in [0.15, 0.2) is 0 Å². The molecule has 0 saturated heterocycles. The molecule has 276 valence electrons. The van der Waals surface area contributed by atoms with Crippen molar-refractivity contribution in [3.63, 3.8) is 0 Å². The molecule has 0 radical (unpaired) electrons. The fourth-order valence-electron chi connectivity index (χ4n) is 7.13. The molecule has 2 atom stereocenters. The summed E-state index contributed by atoms with van der Waals surface area (Å²) in [5.41, 5.74) is 2.64. The number of nitrogens with one attached hydrogen (secondary N) is 1. The molecule has 0 saturated carbocycles. The first kappa shape index (κ1) is 37.1. The minimum atomic E-state index is -4.93. The van der Waals surface area contributed by atoms with Crippen LogP contribution in [0.4, 0.5) is 16.2 Å². The number of nitrogens with zero attached hydrogens (tertiary/aromatic N) is 3. The van der Waals surface area contributed by atoms with Crippen LogP contribution in [0, 0.1) is 0 Å². The first-order valence-electron chi connectivity index (χ1n) is 16.7. The molecule has 2 aliphatic rings. The summed E-state index contributed by atoms with van der Waals surface area (Å²) in [6.07, 6.45) is -0.537. The zero-order chi connectivity index (χ0) is 37.6. The van der Waals surface area contributed by atoms with Crippen LogP contribution in [0.5, 0.6) is 11.5 Å². The van der Waals surface area contributed by atoms with Gasteiger partial charge in [-0.1, -0.05) is 48.5 Å². The summed E-state index contributed by atoms with van der Waals surface area (Å²) in [6, 6.07) is 20.9. The lowest BCUT2D eigenvalue weighted by Gasteiger charge is -2.20. The number of phosphoric acid groups is 1. The predicted molar refractivity (Wildman–Crippen MR) is 208 cm³/mol. The molecule has 0 bridgehead atoms. The van der Waals surface area contributed by atoms with E-state index in [1.807, 2.05) is 24.3 Å². The van der Waals surface area contributed by atoms with Crippen LogP contribution in [0.2, 0.25) is 0 Å². The van der Waals surface area contributed by atoms with Crippen molar-refractivity contribution in [2.75, 3.05) is 61.8 Å². The Kier molecular flexibility index (Phi) is 10.4. The molecule has 16 heteroatoms. The second-order valence-electron chi connectivity index (χ2n) is 12.9. The van der Waals surface area contributed by atoms with Crippen molar-refractivity contribution in [2.24, 2.45) is 0 Å². The van der Waals surface area contributed by atoms with Gasteiger partial charge in [-0.25, -0.2) is 9.36 Å². The van der Waals surface area contributed by atoms with Crippen molar-refractivity contribution in [3.8, 4) is 11.5 Å². The molecule has 3 amide bonds. The number of amides is 3. The van der Waals surface area contributed by atoms with Gasteiger partial charge in [0.05, 0.1) is 21.1 Å². The van der Waals surface area contributed by atoms with Crippen LogP contribution >= 0.6 is 42.4 Å². The lowest BCUT2D eigenvalue weighted by Crippen LogP contribution is -2.34. The summed E-state index contributed by atoms with van der Waals surface area (Å²) in [5, 5.41) is 5.70. The van der Waals surface area contributed by atoms with Crippen molar-refractivity contribution in [1.29, 1.82) is 0 Å². The molecular formula is C37H35Cl2N4O8PS. The lowest BCUT2D eigenvalue weighted by molar-refractivity contribution is 0.0986. The summed E-state index contributed by atoms with van der Waals surface area (Å²) in [4.78, 5) is 66.0. The highest BCUT2D eigenvalue weighted by atomic mass is 35.5. The molecule has 3 heterocycles. The third-order valence-electron chi connectivity index (χ3n) is 9.57. The van der Waals surface area contributed by atoms with Crippen LogP contribution in [0.3, 0.4) is 0 Å². The fraction of sp³-hybridized carbons (Fsp3) is 0.270. The number of phosphoric ester groups is 1. The molecule has 0 fully saturated rings. The number of benzene rings is 4. The first-order valence-corrected chi connectivity index (χ1v) is 20.1. The molecule has 0 spiro atoms. The van der Waals surface area contributed by atoms with E-state index in [1.165, 1.54) is 15.9 Å². The zero-order valence-corrected chi connectivity index (χ0v) is 31.8. The average Bonchev–Trinajstić information content (AvgIpc) is 3.89. The smallest absolute Gasteiger partial charge is 0.409 e. The fourth-order valence-corrected chi connectivity index (χ4v) is 8.94. The average molecular weight is 798 g/mol. The van der Waals surface area contributed by atoms with Gasteiger partial charge in [-0.2, -0.15) is 0 Å². The Labute approximate surface area is 319 Å². The normalized spacial score (nSPS) is 16.6. The molecule has 4 aromatic carbocycles. The number of halogens is 2. The zero-order valence-electron chi connectivity index (χ0n) is 28.6. The Bertz CT molecular complexity index is 2320. The highest BCUT2D eigenvalue weighted by Gasteiger charge is 2.38. The number of likely N-dealkylation sites (N-methyl/N-ethyl adjacent to an activating group) is 2. The van der Waals surface area contributed by atoms with E-state index in [2.05, 4.69) is 5.32 Å². The maximum atomic E-state index is 14.3. The van der Waals surface area contributed by atoms with E-state index in [0.717, 1.165) is 33.2 Å². The third-order valence-corrected chi connectivity index (χ3v) is 11.8. The molecule has 12 nitrogen and oxygen atoms in total. The number of hydrogen-bond acceptors (Lipinski definition) is 8. The van der Waals surface area contributed by atoms with Gasteiger partial charge in [0.25, 0.3) is 11.8 Å². The van der Waals surface area contributed by atoms with Crippen molar-refractivity contribution < 1.29 is 38.0 Å². The molecule has 1 aromatic heterocycles. The van der Waals surface area contributed by atoms with Crippen LogP contribution in [-0.4, -0.2) is 84.6 Å². The molecular weight excluding hydrogens is 762 g/mol. The lowest BCUT2D eigenvalue weighted by atomic mass is 9.95. The second-order valence-corrected chi connectivity index (χ2v) is 15.7. The number of anilines is 2. The number of hydrogen-bond donors (Lipinski definition) is 3. The molecule has 7 rings (SSSR count). The van der Waals surface area contributed by atoms with Crippen molar-refractivity contribution >= 4 is 93.2 Å². The van der Waals surface area contributed by atoms with Crippen molar-refractivity contribution in [1.82, 2.24) is 10.2 Å². The maximum absolute atomic E-state index is 14.3. The van der Waals surface area contributed by atoms with E-state index >= 15 is 0 Å². The molecule has 53 heavy (non-hydrogen) atoms. The highest BCUT2D eigenvalue weighted by molar-refractivity contribution is 7.46. The third kappa shape index (κ3) is 6.99. The minimum absolute atomic E-state index is 0.0634. The Morgan fingerprint density at radius 2 is 1.30 bits per heavy atom. The number of fused-ring (bicyclic) bond motifs is 6. The van der Waals surface area contributed by atoms with Gasteiger partial charge in [-0.05, 0) is 41.1 Å². The largest absolute Gasteiger partial charge is 0.524 e. The van der Waals surface area contributed by atoms with Gasteiger partial charge in [0.1, 0.15) is 11.5 Å². The van der Waals surface area contributed by atoms with Gasteiger partial charge in [-0.3, -0.25) is 19.4 Å². The van der Waals surface area contributed by atoms with Crippen LogP contribution in [0.15, 0.2) is 72.8 Å². The van der Waals surface area contributed by atoms with E-state index in [1.54, 1.807) is 61.5 Å². The summed E-state index contributed by atoms with van der Waals surface area (Å²) in [6.45, 7) is 1.53. The number of carbonyl (C=O) groups excluding carboxylic acids is 3. The van der Waals surface area contributed by atoms with E-state index < -0.39 is 19.8 Å². The Morgan fingerprint density at radius 3 is 1.77 bits per heavy atom. The molecule has 2 unspecified atom stereocenters. The number of alkyl halides is 2. The maximum Gasteiger partial charge on any atom is 0.524 e. The van der Waals surface area contributed by atoms with Gasteiger partial charge in [-0.15, -0.1) is 34.5 Å². The standard InChI is InChI=1S/C37H35Cl2N4O8PS/c1-40-13-14-41(2)37(46)50-29-15-27-33(25-9-5-3-7-23(25)29)21(17-38)19-42(27)35(44)31-11-12-32(53-31)36(45)43-20-22(18-39)34-26-10-6-4-8-24(26)30(16-28(34)43)51-52(47,48)49/h3-12,15-16,21-22,40H,13-14,17-20H2,1-2H3,(H2,47,48,49). The molecule has 2 aliphatic heterocycles. The monoisotopic (exact) mass is 796 g/mol. The van der Waals surface area contributed by atoms with Crippen molar-refractivity contribution in [3.05, 3.63) is 93.7 Å². The van der Waals surface area contributed by atoms with Gasteiger partial charge in [0, 0.05) is 79.7 Å². The van der Waals surface area contributed by atoms with Crippen LogP contribution in [0.1, 0.15) is 42.3 Å². The van der Waals surface area contributed by atoms with E-state index in [9.17, 15) is 28.7 Å². The molecule has 3 N–H and O–H groups in total. The predicted octanol–water partition coefficient (Wildman–Crippen LogP) is 7.14. The van der Waals surface area contributed by atoms with Gasteiger partial charge in [0.2, 0.25) is 0 Å². The second kappa shape index (κ2) is 14.9. The number of ether oxygens (including phenoxy) is 1. The quantitative estimate of drug-likeness (QED) is 0.0991. The SMILES string of the molecule is CNCCN(C)C(=O)Oc1cc2c(c3ccccc13)C(CCl)CN2C(=O)c1ccc(C(=O)N2CC(CCl)c3c2cc(OP(=O)(O)O)c2ccccc32)s1. The minimum Gasteiger partial charge on any atom is -0.409 e. The van der Waals surface area contributed by atoms with E-state index in [4.69, 9.17) is 32.5 Å². The highest BCUT2D eigenvalue weighted by Crippen LogP contribution is 2.50. The van der Waals surface area contributed by atoms with E-state index in [-0.39, 0.29) is 53.2 Å². The molecule has 5 aromatic rings. The van der Waals surface area contributed by atoms with Crippen molar-refractivity contribution in [2.45, 2.75) is 11.8 Å². The molecule has 0 aliphatic carbocycles. The number of thiophene rings is 1. The van der Waals surface area contributed by atoms with Gasteiger partial charge < -0.3 is 29.3 Å². The van der Waals surface area contributed by atoms with Crippen LogP contribution in [0.25, 0.3) is 21.5 Å². The number of rotatable bonds is 10. The summed E-state index contributed by atoms with van der Waals surface area (Å²) >= 11 is 13.9. The Hall–Kier alpha value is -4.20. The summed E-state index contributed by atoms with van der Waals surface area (Å²) in [5.74, 6) is -0.508. The summed E-state index contributed by atoms with van der Waals surface area (Å²) < 4.78 is 22.9. The first-order chi connectivity index (χ1) is 25.4. The van der Waals surface area contributed by atoms with E-state index in [0.29, 0.717) is 45.9 Å². The Balaban J connectivity index is 1.22. The summed E-state index contributed by atoms with van der Waals surface area (Å²) in [7, 11) is -1.48.